The maximum Gasteiger partial charge on any atom is 0.320 e. The normalized spacial score (nSPS) is 10.8. The van der Waals surface area contributed by atoms with Gasteiger partial charge in [0.15, 0.2) is 0 Å². The zero-order valence-electron chi connectivity index (χ0n) is 19.1. The number of aryl methyl sites for hydroxylation is 2. The second kappa shape index (κ2) is 11.0. The van der Waals surface area contributed by atoms with Crippen molar-refractivity contribution in [2.24, 2.45) is 7.05 Å². The van der Waals surface area contributed by atoms with Gasteiger partial charge in [0.1, 0.15) is 19.0 Å². The number of ether oxygens (including phenoxy) is 2. The summed E-state index contributed by atoms with van der Waals surface area (Å²) in [6.07, 6.45) is 1.54. The van der Waals surface area contributed by atoms with Crippen LogP contribution in [0, 0.1) is 6.92 Å². The minimum absolute atomic E-state index is 0.108. The van der Waals surface area contributed by atoms with Gasteiger partial charge in [0.25, 0.3) is 5.91 Å². The number of benzene rings is 2. The van der Waals surface area contributed by atoms with Crippen molar-refractivity contribution < 1.29 is 19.1 Å². The minimum atomic E-state index is -0.326. The fourth-order valence-corrected chi connectivity index (χ4v) is 3.50. The number of halogens is 1. The van der Waals surface area contributed by atoms with Gasteiger partial charge in [-0.05, 0) is 51.4 Å². The average molecular weight is 471 g/mol. The fraction of sp³-hybridized carbons (Fsp3) is 0.292. The number of hydrogen-bond donors (Lipinski definition) is 1. The van der Waals surface area contributed by atoms with Crippen molar-refractivity contribution in [2.75, 3.05) is 39.2 Å². The molecule has 9 heteroatoms. The highest BCUT2D eigenvalue weighted by molar-refractivity contribution is 6.33. The van der Waals surface area contributed by atoms with Crippen molar-refractivity contribution in [1.82, 2.24) is 14.7 Å². The molecule has 3 aromatic rings. The molecule has 0 aliphatic rings. The van der Waals surface area contributed by atoms with Crippen molar-refractivity contribution in [3.63, 3.8) is 0 Å². The van der Waals surface area contributed by atoms with Gasteiger partial charge < -0.3 is 14.8 Å². The summed E-state index contributed by atoms with van der Waals surface area (Å²) < 4.78 is 12.7. The summed E-state index contributed by atoms with van der Waals surface area (Å²) in [4.78, 5) is 26.1. The summed E-state index contributed by atoms with van der Waals surface area (Å²) >= 11 is 6.37. The van der Waals surface area contributed by atoms with E-state index in [9.17, 15) is 9.59 Å². The van der Waals surface area contributed by atoms with E-state index in [1.54, 1.807) is 61.2 Å². The molecule has 0 aliphatic carbocycles. The maximum atomic E-state index is 12.7. The molecule has 3 rings (SSSR count). The van der Waals surface area contributed by atoms with Crippen LogP contribution >= 0.6 is 11.6 Å². The van der Waals surface area contributed by atoms with Gasteiger partial charge >= 0.3 is 5.97 Å². The molecule has 0 fully saturated rings. The molecule has 2 aromatic carbocycles. The number of amides is 1. The summed E-state index contributed by atoms with van der Waals surface area (Å²) in [5.74, 6) is -0.0207. The van der Waals surface area contributed by atoms with Gasteiger partial charge in [-0.25, -0.2) is 0 Å². The van der Waals surface area contributed by atoms with Crippen LogP contribution in [0.4, 0.5) is 5.69 Å². The summed E-state index contributed by atoms with van der Waals surface area (Å²) in [5, 5.41) is 7.56. The van der Waals surface area contributed by atoms with Gasteiger partial charge in [0.05, 0.1) is 23.5 Å². The zero-order chi connectivity index (χ0) is 24.0. The van der Waals surface area contributed by atoms with E-state index in [1.165, 1.54) is 0 Å². The lowest BCUT2D eigenvalue weighted by Gasteiger charge is -2.15. The number of nitrogens with zero attached hydrogens (tertiary/aromatic N) is 3. The third-order valence-electron chi connectivity index (χ3n) is 4.72. The molecule has 1 N–H and O–H groups in total. The molecule has 174 valence electrons. The third-order valence-corrected chi connectivity index (χ3v) is 4.99. The molecule has 0 atom stereocenters. The summed E-state index contributed by atoms with van der Waals surface area (Å²) in [6.45, 7) is 2.40. The highest BCUT2D eigenvalue weighted by Gasteiger charge is 2.17. The Bertz CT molecular complexity index is 1120. The van der Waals surface area contributed by atoms with Crippen LogP contribution in [0.25, 0.3) is 11.3 Å². The number of carbonyl (C=O) groups is 2. The van der Waals surface area contributed by atoms with E-state index in [0.717, 1.165) is 5.56 Å². The largest absolute Gasteiger partial charge is 0.489 e. The van der Waals surface area contributed by atoms with Crippen LogP contribution in [-0.4, -0.2) is 60.4 Å². The lowest BCUT2D eigenvalue weighted by atomic mass is 10.1. The summed E-state index contributed by atoms with van der Waals surface area (Å²) in [7, 11) is 5.36. The minimum Gasteiger partial charge on any atom is -0.489 e. The topological polar surface area (TPSA) is 85.7 Å². The van der Waals surface area contributed by atoms with Gasteiger partial charge in [-0.2, -0.15) is 5.10 Å². The van der Waals surface area contributed by atoms with Crippen LogP contribution in [0.15, 0.2) is 48.7 Å². The monoisotopic (exact) mass is 470 g/mol. The zero-order valence-corrected chi connectivity index (χ0v) is 19.8. The number of esters is 1. The lowest BCUT2D eigenvalue weighted by molar-refractivity contribution is -0.145. The number of likely N-dealkylation sites (N-methyl/N-ethyl adjacent to an activating group) is 1. The second-order valence-corrected chi connectivity index (χ2v) is 8.21. The highest BCUT2D eigenvalue weighted by atomic mass is 35.5. The first-order valence-corrected chi connectivity index (χ1v) is 10.8. The van der Waals surface area contributed by atoms with Gasteiger partial charge in [-0.1, -0.05) is 29.3 Å². The van der Waals surface area contributed by atoms with E-state index in [1.807, 2.05) is 25.1 Å². The Kier molecular flexibility index (Phi) is 8.08. The smallest absolute Gasteiger partial charge is 0.320 e. The highest BCUT2D eigenvalue weighted by Crippen LogP contribution is 2.36. The molecule has 33 heavy (non-hydrogen) atoms. The van der Waals surface area contributed by atoms with Crippen LogP contribution in [0.3, 0.4) is 0 Å². The van der Waals surface area contributed by atoms with Gasteiger partial charge in [0, 0.05) is 23.9 Å². The van der Waals surface area contributed by atoms with Crippen molar-refractivity contribution in [2.45, 2.75) is 6.92 Å². The Labute approximate surface area is 198 Å². The van der Waals surface area contributed by atoms with Gasteiger partial charge in [-0.15, -0.1) is 0 Å². The molecule has 0 radical (unpaired) electrons. The first kappa shape index (κ1) is 24.3. The summed E-state index contributed by atoms with van der Waals surface area (Å²) in [6, 6.07) is 12.6. The molecule has 1 heterocycles. The standard InChI is InChI=1S/C24H27ClN4O4/c1-16-6-5-7-17(12-16)24(31)27-18-8-9-21(32-10-11-33-22(30)15-28(2)3)19(13-18)23-20(25)14-26-29(23)4/h5-9,12-14H,10-11,15H2,1-4H3,(H,27,31). The molecule has 0 spiro atoms. The predicted molar refractivity (Wildman–Crippen MR) is 128 cm³/mol. The maximum absolute atomic E-state index is 12.7. The van der Waals surface area contributed by atoms with Crippen LogP contribution in [-0.2, 0) is 16.6 Å². The Morgan fingerprint density at radius 1 is 1.15 bits per heavy atom. The second-order valence-electron chi connectivity index (χ2n) is 7.81. The van der Waals surface area contributed by atoms with Crippen LogP contribution in [0.1, 0.15) is 15.9 Å². The molecule has 0 unspecified atom stereocenters. The quantitative estimate of drug-likeness (QED) is 0.378. The molecule has 0 bridgehead atoms. The van der Waals surface area contributed by atoms with Crippen molar-refractivity contribution in [3.05, 3.63) is 64.8 Å². The molecule has 0 saturated carbocycles. The van der Waals surface area contributed by atoms with E-state index in [2.05, 4.69) is 10.4 Å². The first-order chi connectivity index (χ1) is 15.7. The summed E-state index contributed by atoms with van der Waals surface area (Å²) in [5.41, 5.74) is 3.44. The molecular formula is C24H27ClN4O4. The van der Waals surface area contributed by atoms with Crippen LogP contribution in [0.2, 0.25) is 5.02 Å². The molecular weight excluding hydrogens is 444 g/mol. The predicted octanol–water partition coefficient (Wildman–Crippen LogP) is 3.78. The molecule has 1 aromatic heterocycles. The Hall–Kier alpha value is -3.36. The Balaban J connectivity index is 1.79. The number of anilines is 1. The average Bonchev–Trinajstić information content (AvgIpc) is 3.09. The van der Waals surface area contributed by atoms with Gasteiger partial charge in [0.2, 0.25) is 0 Å². The van der Waals surface area contributed by atoms with E-state index < -0.39 is 0 Å². The number of aromatic nitrogens is 2. The van der Waals surface area contributed by atoms with E-state index in [0.29, 0.717) is 33.3 Å². The van der Waals surface area contributed by atoms with E-state index >= 15 is 0 Å². The molecule has 0 aliphatic heterocycles. The van der Waals surface area contributed by atoms with E-state index in [-0.39, 0.29) is 31.6 Å². The first-order valence-electron chi connectivity index (χ1n) is 10.4. The van der Waals surface area contributed by atoms with Crippen molar-refractivity contribution in [3.8, 4) is 17.0 Å². The Morgan fingerprint density at radius 3 is 2.61 bits per heavy atom. The van der Waals surface area contributed by atoms with Crippen molar-refractivity contribution >= 4 is 29.2 Å². The number of rotatable bonds is 9. The van der Waals surface area contributed by atoms with Gasteiger partial charge in [-0.3, -0.25) is 19.2 Å². The van der Waals surface area contributed by atoms with E-state index in [4.69, 9.17) is 21.1 Å². The fourth-order valence-electron chi connectivity index (χ4n) is 3.23. The molecule has 1 amide bonds. The third kappa shape index (κ3) is 6.57. The van der Waals surface area contributed by atoms with Crippen molar-refractivity contribution in [1.29, 1.82) is 0 Å². The number of carbonyl (C=O) groups excluding carboxylic acids is 2. The lowest BCUT2D eigenvalue weighted by Crippen LogP contribution is -2.25. The SMILES string of the molecule is Cc1cccc(C(=O)Nc2ccc(OCCOC(=O)CN(C)C)c(-c3c(Cl)cnn3C)c2)c1. The van der Waals surface area contributed by atoms with Crippen LogP contribution < -0.4 is 10.1 Å². The molecule has 8 nitrogen and oxygen atoms in total. The van der Waals surface area contributed by atoms with Crippen LogP contribution in [0.5, 0.6) is 5.75 Å². The molecule has 0 saturated heterocycles. The Morgan fingerprint density at radius 2 is 1.94 bits per heavy atom. The number of hydrogen-bond acceptors (Lipinski definition) is 6. The number of nitrogens with one attached hydrogen (secondary N) is 1.